The van der Waals surface area contributed by atoms with Crippen molar-refractivity contribution in [2.45, 2.75) is 26.3 Å². The van der Waals surface area contributed by atoms with Gasteiger partial charge in [0.15, 0.2) is 0 Å². The molecule has 0 saturated carbocycles. The standard InChI is InChI=1S/C19H21N3O3S/c1-2-16(24)21-14-6-3-12(4-7-14)11-20-10-9-13-5-8-15(23)17-18(13)26-19(25)22-17/h3-8,20,23H,2,9-11H2,1H3,(H,21,24)(H,22,25). The van der Waals surface area contributed by atoms with Gasteiger partial charge in [-0.25, -0.2) is 0 Å². The summed E-state index contributed by atoms with van der Waals surface area (Å²) < 4.78 is 0.813. The number of amides is 1. The highest BCUT2D eigenvalue weighted by Crippen LogP contribution is 2.27. The lowest BCUT2D eigenvalue weighted by Gasteiger charge is -2.08. The Morgan fingerprint density at radius 1 is 1.19 bits per heavy atom. The Balaban J connectivity index is 1.54. The number of aromatic hydroxyl groups is 1. The Hall–Kier alpha value is -2.64. The summed E-state index contributed by atoms with van der Waals surface area (Å²) in [6.45, 7) is 3.29. The number of phenols is 1. The summed E-state index contributed by atoms with van der Waals surface area (Å²) in [6.07, 6.45) is 1.22. The normalized spacial score (nSPS) is 11.0. The summed E-state index contributed by atoms with van der Waals surface area (Å²) in [5, 5.41) is 16.0. The summed E-state index contributed by atoms with van der Waals surface area (Å²) in [7, 11) is 0. The largest absolute Gasteiger partial charge is 0.506 e. The molecule has 0 radical (unpaired) electrons. The molecule has 0 saturated heterocycles. The van der Waals surface area contributed by atoms with Gasteiger partial charge in [-0.2, -0.15) is 0 Å². The van der Waals surface area contributed by atoms with E-state index >= 15 is 0 Å². The monoisotopic (exact) mass is 371 g/mol. The highest BCUT2D eigenvalue weighted by Gasteiger charge is 2.09. The van der Waals surface area contributed by atoms with Crippen molar-refractivity contribution in [3.8, 4) is 5.75 Å². The zero-order valence-corrected chi connectivity index (χ0v) is 15.3. The number of rotatable bonds is 7. The maximum absolute atomic E-state index is 11.5. The van der Waals surface area contributed by atoms with Gasteiger partial charge in [-0.15, -0.1) is 0 Å². The van der Waals surface area contributed by atoms with Crippen LogP contribution in [0.1, 0.15) is 24.5 Å². The molecular formula is C19H21N3O3S. The van der Waals surface area contributed by atoms with Crippen molar-refractivity contribution in [3.05, 3.63) is 57.2 Å². The molecule has 6 nitrogen and oxygen atoms in total. The van der Waals surface area contributed by atoms with E-state index in [0.717, 1.165) is 45.8 Å². The third kappa shape index (κ3) is 4.30. The number of aromatic amines is 1. The number of carbonyl (C=O) groups excluding carboxylic acids is 1. The molecule has 26 heavy (non-hydrogen) atoms. The highest BCUT2D eigenvalue weighted by molar-refractivity contribution is 7.16. The Kier molecular flexibility index (Phi) is 5.70. The Labute approximate surface area is 154 Å². The van der Waals surface area contributed by atoms with Gasteiger partial charge in [0.1, 0.15) is 11.3 Å². The van der Waals surface area contributed by atoms with Gasteiger partial charge in [0.25, 0.3) is 0 Å². The number of hydrogen-bond acceptors (Lipinski definition) is 5. The minimum Gasteiger partial charge on any atom is -0.506 e. The molecular weight excluding hydrogens is 350 g/mol. The van der Waals surface area contributed by atoms with Crippen LogP contribution in [0.3, 0.4) is 0 Å². The second-order valence-electron chi connectivity index (χ2n) is 5.99. The maximum atomic E-state index is 11.5. The fourth-order valence-corrected chi connectivity index (χ4v) is 3.58. The number of anilines is 1. The van der Waals surface area contributed by atoms with E-state index in [0.29, 0.717) is 18.5 Å². The average molecular weight is 371 g/mol. The highest BCUT2D eigenvalue weighted by atomic mass is 32.1. The number of nitrogens with one attached hydrogen (secondary N) is 3. The third-order valence-electron chi connectivity index (χ3n) is 4.10. The molecule has 1 aromatic heterocycles. The van der Waals surface area contributed by atoms with Gasteiger partial charge in [-0.3, -0.25) is 9.59 Å². The van der Waals surface area contributed by atoms with Crippen LogP contribution in [0.15, 0.2) is 41.2 Å². The van der Waals surface area contributed by atoms with Crippen molar-refractivity contribution in [1.29, 1.82) is 0 Å². The van der Waals surface area contributed by atoms with Gasteiger partial charge in [0.2, 0.25) is 5.91 Å². The lowest BCUT2D eigenvalue weighted by Crippen LogP contribution is -2.16. The molecule has 0 spiro atoms. The van der Waals surface area contributed by atoms with Crippen LogP contribution in [0.25, 0.3) is 10.2 Å². The summed E-state index contributed by atoms with van der Waals surface area (Å²) in [5.74, 6) is 0.105. The molecule has 4 N–H and O–H groups in total. The van der Waals surface area contributed by atoms with E-state index in [1.807, 2.05) is 37.3 Å². The maximum Gasteiger partial charge on any atom is 0.305 e. The fraction of sp³-hybridized carbons (Fsp3) is 0.263. The number of aromatic nitrogens is 1. The van der Waals surface area contributed by atoms with E-state index in [9.17, 15) is 14.7 Å². The van der Waals surface area contributed by atoms with E-state index in [-0.39, 0.29) is 16.5 Å². The SMILES string of the molecule is CCC(=O)Nc1ccc(CNCCc2ccc(O)c3[nH]c(=O)sc23)cc1. The van der Waals surface area contributed by atoms with Gasteiger partial charge in [0, 0.05) is 18.7 Å². The first kappa shape index (κ1) is 18.2. The van der Waals surface area contributed by atoms with Crippen LogP contribution in [0, 0.1) is 0 Å². The predicted octanol–water partition coefficient (Wildman–Crippen LogP) is 2.98. The van der Waals surface area contributed by atoms with Crippen LogP contribution in [0.5, 0.6) is 5.75 Å². The molecule has 7 heteroatoms. The Morgan fingerprint density at radius 3 is 2.69 bits per heavy atom. The molecule has 0 aliphatic carbocycles. The molecule has 0 fully saturated rings. The minimum absolute atomic E-state index is 0.00291. The molecule has 1 amide bonds. The molecule has 0 aliphatic heterocycles. The average Bonchev–Trinajstić information content (AvgIpc) is 3.04. The summed E-state index contributed by atoms with van der Waals surface area (Å²) in [4.78, 5) is 25.4. The molecule has 0 aliphatic rings. The van der Waals surface area contributed by atoms with Gasteiger partial charge in [0.05, 0.1) is 4.70 Å². The Bertz CT molecular complexity index is 960. The van der Waals surface area contributed by atoms with E-state index in [1.54, 1.807) is 6.07 Å². The van der Waals surface area contributed by atoms with E-state index < -0.39 is 0 Å². The number of benzene rings is 2. The molecule has 136 valence electrons. The van der Waals surface area contributed by atoms with E-state index in [1.165, 1.54) is 0 Å². The zero-order chi connectivity index (χ0) is 18.5. The molecule has 3 aromatic rings. The van der Waals surface area contributed by atoms with Gasteiger partial charge in [-0.05, 0) is 42.3 Å². The minimum atomic E-state index is -0.161. The number of fused-ring (bicyclic) bond motifs is 1. The number of H-pyrrole nitrogens is 1. The first-order chi connectivity index (χ1) is 12.6. The number of phenolic OH excluding ortho intramolecular Hbond substituents is 1. The number of thiazole rings is 1. The molecule has 3 rings (SSSR count). The van der Waals surface area contributed by atoms with Crippen molar-refractivity contribution in [3.63, 3.8) is 0 Å². The van der Waals surface area contributed by atoms with Gasteiger partial charge in [-0.1, -0.05) is 36.5 Å². The smallest absolute Gasteiger partial charge is 0.305 e. The van der Waals surface area contributed by atoms with Crippen molar-refractivity contribution < 1.29 is 9.90 Å². The predicted molar refractivity (Wildman–Crippen MR) is 105 cm³/mol. The first-order valence-corrected chi connectivity index (χ1v) is 9.31. The quantitative estimate of drug-likeness (QED) is 0.480. The Morgan fingerprint density at radius 2 is 1.96 bits per heavy atom. The van der Waals surface area contributed by atoms with Crippen molar-refractivity contribution in [2.24, 2.45) is 0 Å². The molecule has 0 bridgehead atoms. The molecule has 2 aromatic carbocycles. The fourth-order valence-electron chi connectivity index (χ4n) is 2.68. The lowest BCUT2D eigenvalue weighted by atomic mass is 10.1. The third-order valence-corrected chi connectivity index (χ3v) is 5.06. The topological polar surface area (TPSA) is 94.2 Å². The number of carbonyl (C=O) groups is 1. The van der Waals surface area contributed by atoms with Crippen LogP contribution in [-0.2, 0) is 17.8 Å². The lowest BCUT2D eigenvalue weighted by molar-refractivity contribution is -0.115. The molecule has 0 atom stereocenters. The van der Waals surface area contributed by atoms with Crippen molar-refractivity contribution in [1.82, 2.24) is 10.3 Å². The summed E-state index contributed by atoms with van der Waals surface area (Å²) in [5.41, 5.74) is 3.48. The second-order valence-corrected chi connectivity index (χ2v) is 6.97. The van der Waals surface area contributed by atoms with Crippen LogP contribution in [-0.4, -0.2) is 22.5 Å². The van der Waals surface area contributed by atoms with Gasteiger partial charge < -0.3 is 20.7 Å². The van der Waals surface area contributed by atoms with Crippen molar-refractivity contribution >= 4 is 33.1 Å². The van der Waals surface area contributed by atoms with Gasteiger partial charge >= 0.3 is 4.87 Å². The second kappa shape index (κ2) is 8.16. The van der Waals surface area contributed by atoms with Crippen LogP contribution >= 0.6 is 11.3 Å². The molecule has 0 unspecified atom stereocenters. The zero-order valence-electron chi connectivity index (χ0n) is 14.5. The molecule has 1 heterocycles. The number of hydrogen-bond donors (Lipinski definition) is 4. The van der Waals surface area contributed by atoms with E-state index in [4.69, 9.17) is 0 Å². The van der Waals surface area contributed by atoms with E-state index in [2.05, 4.69) is 15.6 Å². The van der Waals surface area contributed by atoms with Crippen LogP contribution in [0.4, 0.5) is 5.69 Å². The first-order valence-electron chi connectivity index (χ1n) is 8.50. The van der Waals surface area contributed by atoms with Crippen LogP contribution in [0.2, 0.25) is 0 Å². The summed E-state index contributed by atoms with van der Waals surface area (Å²) >= 11 is 1.12. The summed E-state index contributed by atoms with van der Waals surface area (Å²) in [6, 6.07) is 11.2. The van der Waals surface area contributed by atoms with Crippen molar-refractivity contribution in [2.75, 3.05) is 11.9 Å². The van der Waals surface area contributed by atoms with Crippen LogP contribution < -0.4 is 15.5 Å².